The average molecular weight is 356 g/mol. The maximum atomic E-state index is 14.1. The van der Waals surface area contributed by atoms with Gasteiger partial charge in [-0.1, -0.05) is 5.16 Å². The number of methoxy groups -OCH3 is 1. The van der Waals surface area contributed by atoms with Gasteiger partial charge >= 0.3 is 5.97 Å². The molecule has 0 saturated heterocycles. The van der Waals surface area contributed by atoms with E-state index in [-0.39, 0.29) is 23.6 Å². The largest absolute Gasteiger partial charge is 0.497 e. The van der Waals surface area contributed by atoms with Crippen LogP contribution >= 0.6 is 0 Å². The molecule has 3 rings (SSSR count). The number of carbonyl (C=O) groups excluding carboxylic acids is 1. The molecule has 2 heterocycles. The first-order valence-electron chi connectivity index (χ1n) is 8.04. The summed E-state index contributed by atoms with van der Waals surface area (Å²) in [6.07, 6.45) is 4.89. The summed E-state index contributed by atoms with van der Waals surface area (Å²) >= 11 is 0. The molecule has 0 spiro atoms. The molecule has 0 aliphatic heterocycles. The molecule has 0 fully saturated rings. The van der Waals surface area contributed by atoms with E-state index in [0.29, 0.717) is 12.2 Å². The summed E-state index contributed by atoms with van der Waals surface area (Å²) in [5.41, 5.74) is 1.31. The van der Waals surface area contributed by atoms with Crippen molar-refractivity contribution in [1.29, 1.82) is 0 Å². The third-order valence-electron chi connectivity index (χ3n) is 3.75. The molecule has 1 aromatic carbocycles. The molecule has 3 aromatic rings. The molecule has 0 radical (unpaired) electrons. The minimum Gasteiger partial charge on any atom is -0.497 e. The summed E-state index contributed by atoms with van der Waals surface area (Å²) in [5, 5.41) is 3.66. The Labute approximate surface area is 149 Å². The normalized spacial score (nSPS) is 10.5. The number of benzene rings is 1. The predicted molar refractivity (Wildman–Crippen MR) is 91.3 cm³/mol. The van der Waals surface area contributed by atoms with Crippen molar-refractivity contribution in [3.05, 3.63) is 65.9 Å². The van der Waals surface area contributed by atoms with Gasteiger partial charge in [-0.05, 0) is 42.7 Å². The van der Waals surface area contributed by atoms with Gasteiger partial charge in [-0.3, -0.25) is 4.98 Å². The van der Waals surface area contributed by atoms with Crippen molar-refractivity contribution in [2.75, 3.05) is 13.7 Å². The van der Waals surface area contributed by atoms with Crippen molar-refractivity contribution < 1.29 is 23.2 Å². The van der Waals surface area contributed by atoms with E-state index in [4.69, 9.17) is 14.0 Å². The minimum atomic E-state index is -0.608. The van der Waals surface area contributed by atoms with Gasteiger partial charge in [0.2, 0.25) is 0 Å². The highest BCUT2D eigenvalue weighted by atomic mass is 19.1. The van der Waals surface area contributed by atoms with Crippen molar-refractivity contribution in [3.63, 3.8) is 0 Å². The summed E-state index contributed by atoms with van der Waals surface area (Å²) in [6, 6.07) is 9.51. The number of pyridine rings is 1. The van der Waals surface area contributed by atoms with E-state index in [2.05, 4.69) is 10.1 Å². The monoisotopic (exact) mass is 356 g/mol. The number of aromatic nitrogens is 2. The highest BCUT2D eigenvalue weighted by Gasteiger charge is 2.17. The molecule has 0 unspecified atom stereocenters. The summed E-state index contributed by atoms with van der Waals surface area (Å²) in [6.45, 7) is 0.250. The van der Waals surface area contributed by atoms with Crippen LogP contribution in [0.3, 0.4) is 0 Å². The smallest absolute Gasteiger partial charge is 0.360 e. The van der Waals surface area contributed by atoms with E-state index in [1.54, 1.807) is 18.5 Å². The Balaban J connectivity index is 1.56. The van der Waals surface area contributed by atoms with Gasteiger partial charge in [-0.25, -0.2) is 9.18 Å². The number of halogens is 1. The average Bonchev–Trinajstić information content (AvgIpc) is 3.15. The Bertz CT molecular complexity index is 880. The first-order chi connectivity index (χ1) is 12.7. The molecular formula is C19H17FN2O4. The molecular weight excluding hydrogens is 339 g/mol. The zero-order valence-electron chi connectivity index (χ0n) is 14.1. The summed E-state index contributed by atoms with van der Waals surface area (Å²) in [4.78, 5) is 16.0. The van der Waals surface area contributed by atoms with Gasteiger partial charge in [0.05, 0.1) is 19.3 Å². The number of hydrogen-bond acceptors (Lipinski definition) is 6. The number of esters is 1. The summed E-state index contributed by atoms with van der Waals surface area (Å²) in [7, 11) is 1.45. The standard InChI is InChI=1S/C19H17FN2O4/c1-24-14-4-5-15(16(20)11-14)18-12-17(22-26-18)19(23)25-10-2-3-13-6-8-21-9-7-13/h4-9,11-12H,2-3,10H2,1H3. The molecule has 0 atom stereocenters. The Kier molecular flexibility index (Phi) is 5.58. The number of aryl methyl sites for hydroxylation is 1. The fraction of sp³-hybridized carbons (Fsp3) is 0.211. The van der Waals surface area contributed by atoms with E-state index in [9.17, 15) is 9.18 Å². The van der Waals surface area contributed by atoms with Crippen LogP contribution in [0.25, 0.3) is 11.3 Å². The topological polar surface area (TPSA) is 74.5 Å². The highest BCUT2D eigenvalue weighted by Crippen LogP contribution is 2.27. The van der Waals surface area contributed by atoms with Crippen LogP contribution in [0.15, 0.2) is 53.3 Å². The fourth-order valence-corrected chi connectivity index (χ4v) is 2.39. The lowest BCUT2D eigenvalue weighted by atomic mass is 10.1. The zero-order chi connectivity index (χ0) is 18.4. The Morgan fingerprint density at radius 2 is 2.00 bits per heavy atom. The van der Waals surface area contributed by atoms with Crippen LogP contribution in [-0.2, 0) is 11.2 Å². The molecule has 0 N–H and O–H groups in total. The van der Waals surface area contributed by atoms with Crippen molar-refractivity contribution in [2.45, 2.75) is 12.8 Å². The van der Waals surface area contributed by atoms with Gasteiger partial charge in [0.25, 0.3) is 0 Å². The van der Waals surface area contributed by atoms with Crippen LogP contribution in [0, 0.1) is 5.82 Å². The van der Waals surface area contributed by atoms with Crippen LogP contribution < -0.4 is 4.74 Å². The SMILES string of the molecule is COc1ccc(-c2cc(C(=O)OCCCc3ccncc3)no2)c(F)c1. The summed E-state index contributed by atoms with van der Waals surface area (Å²) in [5.74, 6) is -0.602. The lowest BCUT2D eigenvalue weighted by Crippen LogP contribution is -2.07. The molecule has 6 nitrogen and oxygen atoms in total. The van der Waals surface area contributed by atoms with Crippen molar-refractivity contribution >= 4 is 5.97 Å². The number of nitrogens with zero attached hydrogens (tertiary/aromatic N) is 2. The van der Waals surface area contributed by atoms with Crippen LogP contribution in [0.1, 0.15) is 22.5 Å². The van der Waals surface area contributed by atoms with Gasteiger partial charge in [0, 0.05) is 24.5 Å². The number of rotatable bonds is 7. The third kappa shape index (κ3) is 4.24. The molecule has 0 aliphatic rings. The van der Waals surface area contributed by atoms with E-state index in [1.807, 2.05) is 12.1 Å². The van der Waals surface area contributed by atoms with Crippen LogP contribution in [0.5, 0.6) is 5.75 Å². The molecule has 0 amide bonds. The maximum Gasteiger partial charge on any atom is 0.360 e. The second-order valence-electron chi connectivity index (χ2n) is 5.52. The predicted octanol–water partition coefficient (Wildman–Crippen LogP) is 3.67. The highest BCUT2D eigenvalue weighted by molar-refractivity contribution is 5.88. The van der Waals surface area contributed by atoms with Gasteiger partial charge in [-0.2, -0.15) is 0 Å². The molecule has 134 valence electrons. The second-order valence-corrected chi connectivity index (χ2v) is 5.52. The molecule has 7 heteroatoms. The first-order valence-corrected chi connectivity index (χ1v) is 8.04. The van der Waals surface area contributed by atoms with Gasteiger partial charge in [0.1, 0.15) is 11.6 Å². The van der Waals surface area contributed by atoms with Gasteiger partial charge in [-0.15, -0.1) is 0 Å². The molecule has 2 aromatic heterocycles. The Morgan fingerprint density at radius 1 is 1.19 bits per heavy atom. The third-order valence-corrected chi connectivity index (χ3v) is 3.75. The van der Waals surface area contributed by atoms with Gasteiger partial charge < -0.3 is 14.0 Å². The number of hydrogen-bond donors (Lipinski definition) is 0. The molecule has 0 aliphatic carbocycles. The molecule has 0 saturated carbocycles. The van der Waals surface area contributed by atoms with Gasteiger partial charge in [0.15, 0.2) is 11.5 Å². The lowest BCUT2D eigenvalue weighted by molar-refractivity contribution is 0.0489. The zero-order valence-corrected chi connectivity index (χ0v) is 14.1. The van der Waals surface area contributed by atoms with E-state index >= 15 is 0 Å². The van der Waals surface area contributed by atoms with Crippen molar-refractivity contribution in [2.24, 2.45) is 0 Å². The van der Waals surface area contributed by atoms with Crippen LogP contribution in [0.4, 0.5) is 4.39 Å². The molecule has 0 bridgehead atoms. The number of carbonyl (C=O) groups is 1. The quantitative estimate of drug-likeness (QED) is 0.475. The lowest BCUT2D eigenvalue weighted by Gasteiger charge is -2.03. The van der Waals surface area contributed by atoms with E-state index < -0.39 is 11.8 Å². The summed E-state index contributed by atoms with van der Waals surface area (Å²) < 4.78 is 29.2. The molecule has 26 heavy (non-hydrogen) atoms. The Morgan fingerprint density at radius 3 is 2.73 bits per heavy atom. The van der Waals surface area contributed by atoms with Crippen LogP contribution in [0.2, 0.25) is 0 Å². The second kappa shape index (κ2) is 8.24. The first kappa shape index (κ1) is 17.6. The van der Waals surface area contributed by atoms with Crippen molar-refractivity contribution in [1.82, 2.24) is 10.1 Å². The number of ether oxygens (including phenoxy) is 2. The van der Waals surface area contributed by atoms with E-state index in [0.717, 1.165) is 12.0 Å². The Hall–Kier alpha value is -3.22. The van der Waals surface area contributed by atoms with E-state index in [1.165, 1.54) is 25.3 Å². The maximum absolute atomic E-state index is 14.1. The minimum absolute atomic E-state index is 0.000806. The van der Waals surface area contributed by atoms with Crippen molar-refractivity contribution in [3.8, 4) is 17.1 Å². The fourth-order valence-electron chi connectivity index (χ4n) is 2.39. The van der Waals surface area contributed by atoms with Crippen LogP contribution in [-0.4, -0.2) is 29.8 Å².